The van der Waals surface area contributed by atoms with Crippen LogP contribution in [0.2, 0.25) is 6.55 Å². The summed E-state index contributed by atoms with van der Waals surface area (Å²) >= 11 is 0. The lowest BCUT2D eigenvalue weighted by Crippen LogP contribution is -2.76. The molecule has 0 aliphatic carbocycles. The fourth-order valence-electron chi connectivity index (χ4n) is 8.46. The molecule has 3 heterocycles. The fourth-order valence-corrected chi connectivity index (χ4v) is 16.7. The highest BCUT2D eigenvalue weighted by Gasteiger charge is 2.49. The minimum absolute atomic E-state index is 0.158. The van der Waals surface area contributed by atoms with Crippen molar-refractivity contribution in [1.29, 1.82) is 0 Å². The zero-order chi connectivity index (χ0) is 65.0. The molecule has 0 bridgehead atoms. The van der Waals surface area contributed by atoms with Gasteiger partial charge in [-0.15, -0.1) is 0 Å². The minimum Gasteiger partial charge on any atom is -0.439 e. The molecule has 3 aromatic heterocycles. The van der Waals surface area contributed by atoms with Gasteiger partial charge in [-0.2, -0.15) is 15.0 Å². The van der Waals surface area contributed by atoms with E-state index in [-0.39, 0.29) is 11.9 Å². The summed E-state index contributed by atoms with van der Waals surface area (Å²) in [5.41, 5.74) is 1.42. The van der Waals surface area contributed by atoms with Crippen molar-refractivity contribution in [2.75, 3.05) is 0 Å². The van der Waals surface area contributed by atoms with Crippen molar-refractivity contribution < 1.29 is 37.0 Å². The van der Waals surface area contributed by atoms with Gasteiger partial charge in [-0.25, -0.2) is 0 Å². The first-order valence-corrected chi connectivity index (χ1v) is 24.7. The average Bonchev–Trinajstić information content (AvgIpc) is 0.926. The Bertz CT molecular complexity index is 4680. The zero-order valence-corrected chi connectivity index (χ0v) is 36.4. The Morgan fingerprint density at radius 3 is 1.14 bits per heavy atom. The number of hydrogen-bond acceptors (Lipinski definition) is 4. The SMILES string of the molecule is [2H]c1c([2H])c([2H])c([Si](C)(O[Si](c2c([2H])c([2H])c([2H])c([2H])c2[2H])(c2c([2H])c([2H])c([2H])c([2H])c2[2H])c2c([2H])c([2H])c([2H])c(-c3nc(-n4c5ccccc5c5ccccc54)nc(-n4c5ccccc5c5ccccc54)n3)c2[2H])c2c([2H])c([2H])c([2H])c([2H])c2[2H])c([2H])c1[2H]. The van der Waals surface area contributed by atoms with Crippen LogP contribution in [0.5, 0.6) is 0 Å². The molecule has 8 heteroatoms. The van der Waals surface area contributed by atoms with Crippen molar-refractivity contribution in [3.63, 3.8) is 0 Å². The normalized spacial score (nSPS) is 17.2. The van der Waals surface area contributed by atoms with Crippen LogP contribution in [0.15, 0.2) is 242 Å². The van der Waals surface area contributed by atoms with E-state index in [0.29, 0.717) is 22.1 Å². The Kier molecular flexibility index (Phi) is 5.35. The smallest absolute Gasteiger partial charge is 0.278 e. The van der Waals surface area contributed by atoms with E-state index in [1.54, 1.807) is 57.7 Å². The van der Waals surface area contributed by atoms with Gasteiger partial charge in [0.05, 0.1) is 55.0 Å². The molecule has 66 heavy (non-hydrogen) atoms. The third-order valence-corrected chi connectivity index (χ3v) is 19.5. The van der Waals surface area contributed by atoms with Crippen molar-refractivity contribution in [3.8, 4) is 23.3 Å². The second kappa shape index (κ2) is 16.2. The van der Waals surface area contributed by atoms with Crippen LogP contribution in [0, 0.1) is 0 Å². The monoisotopic (exact) mass is 905 g/mol. The van der Waals surface area contributed by atoms with Crippen LogP contribution >= 0.6 is 0 Å². The average molecular weight is 906 g/mol. The molecule has 12 rings (SSSR count). The van der Waals surface area contributed by atoms with E-state index in [1.807, 2.05) is 48.5 Å². The van der Waals surface area contributed by atoms with Crippen molar-refractivity contribution in [1.82, 2.24) is 24.1 Å². The van der Waals surface area contributed by atoms with Gasteiger partial charge in [0, 0.05) is 27.1 Å². The number of aromatic nitrogens is 5. The highest BCUT2D eigenvalue weighted by Crippen LogP contribution is 2.34. The summed E-state index contributed by atoms with van der Waals surface area (Å²) in [6, 6.07) is 1.67. The topological polar surface area (TPSA) is 57.8 Å². The van der Waals surface area contributed by atoms with E-state index in [4.69, 9.17) is 30.0 Å². The van der Waals surface area contributed by atoms with E-state index in [2.05, 4.69) is 0 Å². The summed E-state index contributed by atoms with van der Waals surface area (Å²) in [5, 5.41) is -2.41. The van der Waals surface area contributed by atoms with Crippen molar-refractivity contribution in [3.05, 3.63) is 242 Å². The molecular formula is C58H43N5OSi2. The Morgan fingerprint density at radius 2 is 0.742 bits per heavy atom. The summed E-state index contributed by atoms with van der Waals surface area (Å²) in [6.45, 7) is 0.970. The van der Waals surface area contributed by atoms with Crippen molar-refractivity contribution in [2.24, 2.45) is 0 Å². The van der Waals surface area contributed by atoms with Crippen LogP contribution in [-0.2, 0) is 4.12 Å². The molecule has 0 saturated carbocycles. The van der Waals surface area contributed by atoms with Crippen LogP contribution in [-0.4, -0.2) is 40.7 Å². The maximum atomic E-state index is 10.8. The van der Waals surface area contributed by atoms with E-state index in [1.165, 1.54) is 0 Å². The number of rotatable bonds is 10. The van der Waals surface area contributed by atoms with Gasteiger partial charge in [0.2, 0.25) is 20.2 Å². The lowest BCUT2D eigenvalue weighted by atomic mass is 10.2. The largest absolute Gasteiger partial charge is 0.439 e. The van der Waals surface area contributed by atoms with Gasteiger partial charge in [-0.05, 0) is 62.8 Å². The minimum atomic E-state index is -6.72. The lowest BCUT2D eigenvalue weighted by molar-refractivity contribution is 0.593. The van der Waals surface area contributed by atoms with Gasteiger partial charge >= 0.3 is 0 Å². The highest BCUT2D eigenvalue weighted by molar-refractivity contribution is 7.14. The first-order chi connectivity index (χ1) is 42.6. The predicted molar refractivity (Wildman–Crippen MR) is 276 cm³/mol. The Morgan fingerprint density at radius 1 is 0.394 bits per heavy atom. The van der Waals surface area contributed by atoms with Crippen molar-refractivity contribution in [2.45, 2.75) is 6.55 Å². The molecule has 0 saturated heterocycles. The molecule has 6 nitrogen and oxygen atoms in total. The Hall–Kier alpha value is -8.02. The predicted octanol–water partition coefficient (Wildman–Crippen LogP) is 10.1. The number of nitrogens with zero attached hydrogens (tertiary/aromatic N) is 5. The highest BCUT2D eigenvalue weighted by atomic mass is 28.4. The number of fused-ring (bicyclic) bond motifs is 6. The number of hydrogen-bond donors (Lipinski definition) is 0. The van der Waals surface area contributed by atoms with Crippen LogP contribution < -0.4 is 25.9 Å². The molecule has 0 atom stereocenters. The first-order valence-electron chi connectivity index (χ1n) is 32.4. The Labute approximate surface area is 418 Å². The first kappa shape index (κ1) is 21.8. The summed E-state index contributed by atoms with van der Waals surface area (Å²) in [6.07, 6.45) is 0. The molecule has 9 aromatic carbocycles. The molecule has 0 aliphatic rings. The van der Waals surface area contributed by atoms with Gasteiger partial charge in [-0.1, -0.05) is 212 Å². The van der Waals surface area contributed by atoms with E-state index >= 15 is 0 Å². The second-order valence-corrected chi connectivity index (χ2v) is 21.8. The van der Waals surface area contributed by atoms with Crippen molar-refractivity contribution >= 4 is 86.2 Å². The van der Waals surface area contributed by atoms with E-state index < -0.39 is 199 Å². The number of benzene rings is 9. The molecule has 0 radical (unpaired) electrons. The molecule has 0 amide bonds. The number of para-hydroxylation sites is 4. The van der Waals surface area contributed by atoms with E-state index in [9.17, 15) is 21.9 Å². The molecule has 0 spiro atoms. The maximum absolute atomic E-state index is 10.8. The summed E-state index contributed by atoms with van der Waals surface area (Å²) in [7, 11) is -12.6. The molecule has 0 N–H and O–H groups in total. The van der Waals surface area contributed by atoms with Crippen LogP contribution in [0.3, 0.4) is 0 Å². The molecule has 314 valence electrons. The Balaban J connectivity index is 1.35. The third-order valence-electron chi connectivity index (χ3n) is 11.4. The van der Waals surface area contributed by atoms with Gasteiger partial charge in [0.15, 0.2) is 5.82 Å². The fraction of sp³-hybridized carbons (Fsp3) is 0.0172. The second-order valence-electron chi connectivity index (χ2n) is 15.1. The third kappa shape index (κ3) is 6.45. The van der Waals surface area contributed by atoms with Gasteiger partial charge in [-0.3, -0.25) is 9.13 Å². The molecule has 0 aliphatic heterocycles. The molecule has 0 fully saturated rings. The zero-order valence-electron chi connectivity index (χ0n) is 58.4. The molecule has 0 unspecified atom stereocenters. The quantitative estimate of drug-likeness (QED) is 0.101. The van der Waals surface area contributed by atoms with E-state index in [0.717, 1.165) is 28.1 Å². The summed E-state index contributed by atoms with van der Waals surface area (Å²) in [4.78, 5) is 15.1. The molecular weight excluding hydrogens is 839 g/mol. The van der Waals surface area contributed by atoms with Crippen LogP contribution in [0.1, 0.15) is 32.9 Å². The lowest BCUT2D eigenvalue weighted by Gasteiger charge is -2.42. The van der Waals surface area contributed by atoms with Crippen LogP contribution in [0.25, 0.3) is 66.9 Å². The van der Waals surface area contributed by atoms with Gasteiger partial charge in [0.25, 0.3) is 8.32 Å². The van der Waals surface area contributed by atoms with Gasteiger partial charge in [0.1, 0.15) is 0 Å². The standard InChI is InChI=1S/C58H43N5OSi2/c1-65(43-24-6-2-7-25-43,44-26-8-3-9-27-44)64-66(45-28-10-4-11-29-45,46-30-12-5-13-31-46)47-32-22-23-42(41-47)56-59-57(62-52-37-18-14-33-48(52)49-34-15-19-38-53(49)62)61-58(60-56)63-54-39-20-16-35-50(54)51-36-17-21-40-55(51)63/h2-41H,1H3/i2D,3D,4D,5D,6D,7D,8D,9D,10D,11D,12D,13D,22D,23D,24D,25D,26D,27D,28D,29D,30D,31D,32D,41D. The van der Waals surface area contributed by atoms with Crippen LogP contribution in [0.4, 0.5) is 0 Å². The summed E-state index contributed by atoms with van der Waals surface area (Å²) < 4.78 is 237. The maximum Gasteiger partial charge on any atom is 0.278 e. The van der Waals surface area contributed by atoms with Gasteiger partial charge < -0.3 is 4.12 Å². The summed E-state index contributed by atoms with van der Waals surface area (Å²) in [5.74, 6) is -0.923. The molecule has 12 aromatic rings.